The van der Waals surface area contributed by atoms with E-state index in [9.17, 15) is 22.4 Å². The largest absolute Gasteiger partial charge is 0.338 e. The van der Waals surface area contributed by atoms with Gasteiger partial charge in [0.2, 0.25) is 0 Å². The van der Waals surface area contributed by atoms with E-state index in [1.807, 2.05) is 13.8 Å². The second kappa shape index (κ2) is 9.20. The first kappa shape index (κ1) is 23.0. The smallest absolute Gasteiger partial charge is 0.317 e. The minimum absolute atomic E-state index is 0.0327. The summed E-state index contributed by atoms with van der Waals surface area (Å²) in [6.45, 7) is 5.20. The van der Waals surface area contributed by atoms with Crippen molar-refractivity contribution >= 4 is 6.03 Å². The molecule has 1 aliphatic rings. The van der Waals surface area contributed by atoms with E-state index in [1.165, 1.54) is 6.07 Å². The first-order valence-corrected chi connectivity index (χ1v) is 10.3. The van der Waals surface area contributed by atoms with Gasteiger partial charge in [-0.1, -0.05) is 19.9 Å². The van der Waals surface area contributed by atoms with Crippen molar-refractivity contribution < 1.29 is 22.4 Å². The number of hydrogen-bond donors (Lipinski definition) is 1. The molecule has 0 saturated heterocycles. The Bertz CT molecular complexity index is 935. The Labute approximate surface area is 178 Å². The molecule has 1 N–H and O–H groups in total. The lowest BCUT2D eigenvalue weighted by atomic mass is 9.70. The molecule has 31 heavy (non-hydrogen) atoms. The number of hydrogen-bond acceptors (Lipinski definition) is 3. The van der Waals surface area contributed by atoms with Crippen molar-refractivity contribution in [3.63, 3.8) is 0 Å². The molecule has 2 aromatic rings. The topological polar surface area (TPSA) is 58.1 Å². The Morgan fingerprint density at radius 2 is 1.97 bits per heavy atom. The molecule has 3 rings (SSSR count). The molecule has 0 radical (unpaired) electrons. The second-order valence-electron chi connectivity index (χ2n) is 8.24. The number of halogens is 4. The van der Waals surface area contributed by atoms with E-state index in [2.05, 4.69) is 15.5 Å². The third-order valence-electron chi connectivity index (χ3n) is 5.79. The summed E-state index contributed by atoms with van der Waals surface area (Å²) in [5.74, 6) is -1.43. The molecule has 0 bridgehead atoms. The maximum absolute atomic E-state index is 14.2. The van der Waals surface area contributed by atoms with Gasteiger partial charge in [-0.25, -0.2) is 22.4 Å². The molecular formula is C22H26F4N4O. The first-order valence-electron chi connectivity index (χ1n) is 10.3. The van der Waals surface area contributed by atoms with Gasteiger partial charge in [-0.2, -0.15) is 10.2 Å². The van der Waals surface area contributed by atoms with Gasteiger partial charge < -0.3 is 10.2 Å². The van der Waals surface area contributed by atoms with Crippen molar-refractivity contribution in [3.8, 4) is 11.3 Å². The summed E-state index contributed by atoms with van der Waals surface area (Å²) in [7, 11) is 0. The van der Waals surface area contributed by atoms with Gasteiger partial charge in [-0.05, 0) is 49.4 Å². The van der Waals surface area contributed by atoms with E-state index >= 15 is 0 Å². The SMILES string of the molecule is CCNC(=O)N(CC(F)F)C[C@@]1(C)CC[C@H](C)c2cc(-c3c(F)cccc3F)nnc21. The number of amides is 2. The number of alkyl halides is 2. The molecule has 0 aliphatic heterocycles. The second-order valence-corrected chi connectivity index (χ2v) is 8.24. The highest BCUT2D eigenvalue weighted by molar-refractivity contribution is 5.74. The summed E-state index contributed by atoms with van der Waals surface area (Å²) in [5, 5.41) is 10.9. The molecule has 1 aromatic carbocycles. The molecule has 0 fully saturated rings. The fourth-order valence-corrected chi connectivity index (χ4v) is 4.15. The Kier molecular flexibility index (Phi) is 6.81. The van der Waals surface area contributed by atoms with Gasteiger partial charge in [-0.3, -0.25) is 0 Å². The van der Waals surface area contributed by atoms with Crippen molar-refractivity contribution in [1.29, 1.82) is 0 Å². The number of carbonyl (C=O) groups is 1. The van der Waals surface area contributed by atoms with Gasteiger partial charge in [-0.15, -0.1) is 0 Å². The predicted octanol–water partition coefficient (Wildman–Crippen LogP) is 4.87. The van der Waals surface area contributed by atoms with Crippen LogP contribution >= 0.6 is 0 Å². The zero-order valence-electron chi connectivity index (χ0n) is 17.8. The predicted molar refractivity (Wildman–Crippen MR) is 109 cm³/mol. The average molecular weight is 438 g/mol. The number of urea groups is 1. The van der Waals surface area contributed by atoms with E-state index in [1.54, 1.807) is 13.0 Å². The molecule has 2 atom stereocenters. The third-order valence-corrected chi connectivity index (χ3v) is 5.79. The number of nitrogens with zero attached hydrogens (tertiary/aromatic N) is 3. The summed E-state index contributed by atoms with van der Waals surface area (Å²) in [6, 6.07) is 4.64. The van der Waals surface area contributed by atoms with Crippen LogP contribution in [0.1, 0.15) is 50.8 Å². The summed E-state index contributed by atoms with van der Waals surface area (Å²) in [4.78, 5) is 13.4. The molecular weight excluding hydrogens is 412 g/mol. The van der Waals surface area contributed by atoms with Gasteiger partial charge >= 0.3 is 6.03 Å². The van der Waals surface area contributed by atoms with E-state index < -0.39 is 36.1 Å². The lowest BCUT2D eigenvalue weighted by Gasteiger charge is -2.40. The lowest BCUT2D eigenvalue weighted by molar-refractivity contribution is 0.0866. The number of aromatic nitrogens is 2. The van der Waals surface area contributed by atoms with Crippen LogP contribution in [-0.4, -0.2) is 47.2 Å². The maximum Gasteiger partial charge on any atom is 0.317 e. The van der Waals surface area contributed by atoms with Crippen LogP contribution in [0.25, 0.3) is 11.3 Å². The van der Waals surface area contributed by atoms with E-state index in [4.69, 9.17) is 0 Å². The number of rotatable bonds is 6. The van der Waals surface area contributed by atoms with Crippen LogP contribution in [-0.2, 0) is 5.41 Å². The highest BCUT2D eigenvalue weighted by Crippen LogP contribution is 2.43. The van der Waals surface area contributed by atoms with Gasteiger partial charge in [0.15, 0.2) is 0 Å². The van der Waals surface area contributed by atoms with E-state index in [-0.39, 0.29) is 23.7 Å². The lowest BCUT2D eigenvalue weighted by Crippen LogP contribution is -2.50. The molecule has 2 amide bonds. The molecule has 0 saturated carbocycles. The molecule has 1 aliphatic carbocycles. The van der Waals surface area contributed by atoms with Crippen LogP contribution < -0.4 is 5.32 Å². The van der Waals surface area contributed by atoms with Gasteiger partial charge in [0, 0.05) is 18.5 Å². The molecule has 0 unspecified atom stereocenters. The maximum atomic E-state index is 14.2. The quantitative estimate of drug-likeness (QED) is 0.655. The van der Waals surface area contributed by atoms with Gasteiger partial charge in [0.05, 0.1) is 23.5 Å². The zero-order chi connectivity index (χ0) is 22.8. The van der Waals surface area contributed by atoms with Crippen molar-refractivity contribution in [3.05, 3.63) is 47.2 Å². The Morgan fingerprint density at radius 3 is 2.58 bits per heavy atom. The summed E-state index contributed by atoms with van der Waals surface area (Å²) in [5.41, 5.74) is 0.434. The van der Waals surface area contributed by atoms with Crippen molar-refractivity contribution in [1.82, 2.24) is 20.4 Å². The summed E-state index contributed by atoms with van der Waals surface area (Å²) >= 11 is 0. The first-order chi connectivity index (χ1) is 14.7. The highest BCUT2D eigenvalue weighted by atomic mass is 19.3. The van der Waals surface area contributed by atoms with Crippen LogP contribution in [0.4, 0.5) is 22.4 Å². The summed E-state index contributed by atoms with van der Waals surface area (Å²) < 4.78 is 54.7. The fraction of sp³-hybridized carbons (Fsp3) is 0.500. The Balaban J connectivity index is 2.00. The number of fused-ring (bicyclic) bond motifs is 1. The van der Waals surface area contributed by atoms with Crippen LogP contribution in [0.5, 0.6) is 0 Å². The minimum Gasteiger partial charge on any atom is -0.338 e. The van der Waals surface area contributed by atoms with E-state index in [0.717, 1.165) is 22.6 Å². The average Bonchev–Trinajstić information content (AvgIpc) is 2.70. The molecule has 1 aromatic heterocycles. The molecule has 5 nitrogen and oxygen atoms in total. The third kappa shape index (κ3) is 4.80. The summed E-state index contributed by atoms with van der Waals surface area (Å²) in [6.07, 6.45) is -1.35. The van der Waals surface area contributed by atoms with Crippen LogP contribution in [0, 0.1) is 11.6 Å². The van der Waals surface area contributed by atoms with Crippen molar-refractivity contribution in [2.24, 2.45) is 0 Å². The normalized spacial score (nSPS) is 20.5. The van der Waals surface area contributed by atoms with E-state index in [0.29, 0.717) is 25.1 Å². The highest BCUT2D eigenvalue weighted by Gasteiger charge is 2.40. The molecule has 9 heteroatoms. The van der Waals surface area contributed by atoms with Crippen molar-refractivity contribution in [2.45, 2.75) is 51.4 Å². The Morgan fingerprint density at radius 1 is 1.29 bits per heavy atom. The van der Waals surface area contributed by atoms with Crippen LogP contribution in [0.3, 0.4) is 0 Å². The van der Waals surface area contributed by atoms with Crippen molar-refractivity contribution in [2.75, 3.05) is 19.6 Å². The fourth-order valence-electron chi connectivity index (χ4n) is 4.15. The monoisotopic (exact) mass is 438 g/mol. The molecule has 168 valence electrons. The Hall–Kier alpha value is -2.71. The number of nitrogens with one attached hydrogen (secondary N) is 1. The standard InChI is InChI=1S/C22H26F4N4O/c1-4-27-21(31)30(11-18(25)26)12-22(3)9-8-13(2)14-10-17(28-29-20(14)22)19-15(23)6-5-7-16(19)24/h5-7,10,13,18H,4,8-9,11-12H2,1-3H3,(H,27,31)/t13-,22+/m0/s1. The number of benzene rings is 1. The van der Waals surface area contributed by atoms with Gasteiger partial charge in [0.25, 0.3) is 6.43 Å². The minimum atomic E-state index is -2.68. The number of carbonyl (C=O) groups excluding carboxylic acids is 1. The van der Waals surface area contributed by atoms with Crippen LogP contribution in [0.2, 0.25) is 0 Å². The van der Waals surface area contributed by atoms with Gasteiger partial charge in [0.1, 0.15) is 11.6 Å². The van der Waals surface area contributed by atoms with Crippen LogP contribution in [0.15, 0.2) is 24.3 Å². The zero-order valence-corrected chi connectivity index (χ0v) is 17.8. The molecule has 0 spiro atoms. The molecule has 1 heterocycles.